The predicted molar refractivity (Wildman–Crippen MR) is 86.6 cm³/mol. The van der Waals surface area contributed by atoms with Gasteiger partial charge in [-0.2, -0.15) is 5.26 Å². The van der Waals surface area contributed by atoms with Crippen LogP contribution in [0.2, 0.25) is 0 Å². The molecule has 1 aromatic carbocycles. The lowest BCUT2D eigenvalue weighted by Gasteiger charge is -2.22. The van der Waals surface area contributed by atoms with Gasteiger partial charge in [0.2, 0.25) is 0 Å². The van der Waals surface area contributed by atoms with Gasteiger partial charge in [0, 0.05) is 12.1 Å². The van der Waals surface area contributed by atoms with Gasteiger partial charge >= 0.3 is 0 Å². The van der Waals surface area contributed by atoms with E-state index in [9.17, 15) is 5.26 Å². The summed E-state index contributed by atoms with van der Waals surface area (Å²) in [4.78, 5) is 4.72. The van der Waals surface area contributed by atoms with Crippen LogP contribution in [0.1, 0.15) is 29.5 Å². The molecule has 112 valence electrons. The molecule has 0 bridgehead atoms. The molecular weight excluding hydrogens is 274 g/mol. The molecule has 1 aliphatic rings. The van der Waals surface area contributed by atoms with Gasteiger partial charge in [-0.15, -0.1) is 0 Å². The van der Waals surface area contributed by atoms with E-state index in [2.05, 4.69) is 23.5 Å². The monoisotopic (exact) mass is 293 g/mol. The van der Waals surface area contributed by atoms with Crippen molar-refractivity contribution in [2.75, 3.05) is 18.5 Å². The number of nitriles is 1. The summed E-state index contributed by atoms with van der Waals surface area (Å²) in [6.45, 7) is 0.416. The number of hydrogen-bond donors (Lipinski definition) is 2. The van der Waals surface area contributed by atoms with Gasteiger partial charge in [0.25, 0.3) is 0 Å². The molecule has 4 nitrogen and oxygen atoms in total. The van der Waals surface area contributed by atoms with Gasteiger partial charge in [-0.3, -0.25) is 0 Å². The van der Waals surface area contributed by atoms with Gasteiger partial charge in [0.15, 0.2) is 0 Å². The third-order valence-corrected chi connectivity index (χ3v) is 4.08. The second-order valence-electron chi connectivity index (χ2n) is 5.48. The van der Waals surface area contributed by atoms with E-state index in [1.165, 1.54) is 5.56 Å². The molecular formula is C18H19N3O. The van der Waals surface area contributed by atoms with Crippen LogP contribution in [0.15, 0.2) is 30.3 Å². The minimum atomic E-state index is 0.0182. The van der Waals surface area contributed by atoms with Gasteiger partial charge in [0.05, 0.1) is 17.9 Å². The van der Waals surface area contributed by atoms with E-state index in [4.69, 9.17) is 10.1 Å². The SMILES string of the molecule is N#Cc1c(NCCO)nc(-c2ccccc2)c2c1CCCC2. The highest BCUT2D eigenvalue weighted by atomic mass is 16.3. The van der Waals surface area contributed by atoms with Crippen molar-refractivity contribution in [3.8, 4) is 17.3 Å². The van der Waals surface area contributed by atoms with Gasteiger partial charge < -0.3 is 10.4 Å². The molecule has 3 rings (SSSR count). The fourth-order valence-corrected chi connectivity index (χ4v) is 3.08. The zero-order valence-electron chi connectivity index (χ0n) is 12.5. The first-order valence-corrected chi connectivity index (χ1v) is 7.71. The predicted octanol–water partition coefficient (Wildman–Crippen LogP) is 2.90. The number of benzene rings is 1. The lowest BCUT2D eigenvalue weighted by atomic mass is 9.86. The van der Waals surface area contributed by atoms with Crippen molar-refractivity contribution in [2.45, 2.75) is 25.7 Å². The van der Waals surface area contributed by atoms with Crippen molar-refractivity contribution in [3.63, 3.8) is 0 Å². The van der Waals surface area contributed by atoms with Crippen molar-refractivity contribution in [1.29, 1.82) is 5.26 Å². The van der Waals surface area contributed by atoms with Crippen molar-refractivity contribution in [3.05, 3.63) is 47.0 Å². The van der Waals surface area contributed by atoms with Crippen molar-refractivity contribution in [1.82, 2.24) is 4.98 Å². The summed E-state index contributed by atoms with van der Waals surface area (Å²) < 4.78 is 0. The fraction of sp³-hybridized carbons (Fsp3) is 0.333. The highest BCUT2D eigenvalue weighted by Gasteiger charge is 2.22. The van der Waals surface area contributed by atoms with Gasteiger partial charge in [0.1, 0.15) is 11.9 Å². The fourth-order valence-electron chi connectivity index (χ4n) is 3.08. The Kier molecular flexibility index (Phi) is 4.36. The molecule has 1 aliphatic carbocycles. The second kappa shape index (κ2) is 6.59. The van der Waals surface area contributed by atoms with Crippen LogP contribution >= 0.6 is 0 Å². The Hall–Kier alpha value is -2.38. The first kappa shape index (κ1) is 14.6. The summed E-state index contributed by atoms with van der Waals surface area (Å²) in [5, 5.41) is 21.7. The molecule has 1 heterocycles. The van der Waals surface area contributed by atoms with Gasteiger partial charge in [-0.25, -0.2) is 4.98 Å². The zero-order valence-corrected chi connectivity index (χ0v) is 12.5. The van der Waals surface area contributed by atoms with Crippen LogP contribution in [0.25, 0.3) is 11.3 Å². The van der Waals surface area contributed by atoms with E-state index in [0.29, 0.717) is 17.9 Å². The molecule has 1 aromatic heterocycles. The Balaban J connectivity index is 2.19. The summed E-state index contributed by atoms with van der Waals surface area (Å²) in [6, 6.07) is 12.4. The summed E-state index contributed by atoms with van der Waals surface area (Å²) in [5.74, 6) is 0.594. The molecule has 0 spiro atoms. The highest BCUT2D eigenvalue weighted by Crippen LogP contribution is 2.35. The Morgan fingerprint density at radius 2 is 1.86 bits per heavy atom. The van der Waals surface area contributed by atoms with Crippen molar-refractivity contribution < 1.29 is 5.11 Å². The Labute approximate surface area is 130 Å². The van der Waals surface area contributed by atoms with Crippen LogP contribution in [-0.2, 0) is 12.8 Å². The Morgan fingerprint density at radius 3 is 2.55 bits per heavy atom. The number of rotatable bonds is 4. The van der Waals surface area contributed by atoms with Crippen LogP contribution in [0.3, 0.4) is 0 Å². The van der Waals surface area contributed by atoms with Crippen LogP contribution in [0.5, 0.6) is 0 Å². The minimum Gasteiger partial charge on any atom is -0.395 e. The second-order valence-corrected chi connectivity index (χ2v) is 5.48. The molecule has 2 N–H and O–H groups in total. The molecule has 0 fully saturated rings. The average molecular weight is 293 g/mol. The maximum Gasteiger partial charge on any atom is 0.145 e. The quantitative estimate of drug-likeness (QED) is 0.909. The highest BCUT2D eigenvalue weighted by molar-refractivity contribution is 5.72. The standard InChI is InChI=1S/C18H19N3O/c19-12-16-14-8-4-5-9-15(14)17(13-6-2-1-3-7-13)21-18(16)20-10-11-22/h1-3,6-7,22H,4-5,8-11H2,(H,20,21). The molecule has 0 saturated heterocycles. The molecule has 0 radical (unpaired) electrons. The zero-order chi connectivity index (χ0) is 15.4. The number of pyridine rings is 1. The topological polar surface area (TPSA) is 68.9 Å². The molecule has 0 unspecified atom stereocenters. The Morgan fingerprint density at radius 1 is 1.14 bits per heavy atom. The molecule has 2 aromatic rings. The van der Waals surface area contributed by atoms with Crippen LogP contribution < -0.4 is 5.32 Å². The van der Waals surface area contributed by atoms with E-state index >= 15 is 0 Å². The number of anilines is 1. The smallest absolute Gasteiger partial charge is 0.145 e. The number of aromatic nitrogens is 1. The van der Waals surface area contributed by atoms with Crippen molar-refractivity contribution in [2.24, 2.45) is 0 Å². The van der Waals surface area contributed by atoms with Crippen LogP contribution in [0.4, 0.5) is 5.82 Å². The summed E-state index contributed by atoms with van der Waals surface area (Å²) in [5.41, 5.74) is 5.03. The van der Waals surface area contributed by atoms with E-state index in [-0.39, 0.29) is 6.61 Å². The third-order valence-electron chi connectivity index (χ3n) is 4.08. The largest absolute Gasteiger partial charge is 0.395 e. The lowest BCUT2D eigenvalue weighted by Crippen LogP contribution is -2.15. The number of nitrogens with one attached hydrogen (secondary N) is 1. The summed E-state index contributed by atoms with van der Waals surface area (Å²) in [7, 11) is 0. The van der Waals surface area contributed by atoms with Crippen molar-refractivity contribution >= 4 is 5.82 Å². The molecule has 0 saturated carbocycles. The Bertz CT molecular complexity index is 705. The normalized spacial score (nSPS) is 13.3. The van der Waals surface area contributed by atoms with E-state index in [1.807, 2.05) is 18.2 Å². The van der Waals surface area contributed by atoms with Gasteiger partial charge in [-0.05, 0) is 36.8 Å². The lowest BCUT2D eigenvalue weighted by molar-refractivity contribution is 0.311. The van der Waals surface area contributed by atoms with Crippen LogP contribution in [0, 0.1) is 11.3 Å². The first-order chi connectivity index (χ1) is 10.8. The number of hydrogen-bond acceptors (Lipinski definition) is 4. The molecule has 4 heteroatoms. The third kappa shape index (κ3) is 2.68. The maximum absolute atomic E-state index is 9.54. The van der Waals surface area contributed by atoms with E-state index in [0.717, 1.165) is 42.5 Å². The first-order valence-electron chi connectivity index (χ1n) is 7.71. The number of nitrogens with zero attached hydrogens (tertiary/aromatic N) is 2. The minimum absolute atomic E-state index is 0.0182. The molecule has 0 aliphatic heterocycles. The maximum atomic E-state index is 9.54. The van der Waals surface area contributed by atoms with E-state index in [1.54, 1.807) is 0 Å². The van der Waals surface area contributed by atoms with E-state index < -0.39 is 0 Å². The summed E-state index contributed by atoms with van der Waals surface area (Å²) in [6.07, 6.45) is 4.15. The summed E-state index contributed by atoms with van der Waals surface area (Å²) >= 11 is 0. The molecule has 0 atom stereocenters. The van der Waals surface area contributed by atoms with Crippen LogP contribution in [-0.4, -0.2) is 23.2 Å². The number of fused-ring (bicyclic) bond motifs is 1. The average Bonchev–Trinajstić information content (AvgIpc) is 2.59. The molecule has 0 amide bonds. The molecule has 22 heavy (non-hydrogen) atoms. The number of aliphatic hydroxyl groups excluding tert-OH is 1. The number of aliphatic hydroxyl groups is 1. The van der Waals surface area contributed by atoms with Gasteiger partial charge in [-0.1, -0.05) is 30.3 Å².